The van der Waals surface area contributed by atoms with Gasteiger partial charge in [0.1, 0.15) is 11.5 Å². The molecule has 210 valence electrons. The van der Waals surface area contributed by atoms with E-state index < -0.39 is 27.1 Å². The number of hydrazone groups is 1. The minimum absolute atomic E-state index is 0.00177. The number of ether oxygens (including phenoxy) is 2. The molecule has 1 N–H and O–H groups in total. The number of amides is 1. The molecule has 0 unspecified atom stereocenters. The maximum absolute atomic E-state index is 12.2. The number of non-ortho nitro benzene ring substituents is 1. The molecule has 0 aliphatic carbocycles. The number of benzene rings is 3. The van der Waals surface area contributed by atoms with Gasteiger partial charge in [0, 0.05) is 6.07 Å². The van der Waals surface area contributed by atoms with Gasteiger partial charge in [0.05, 0.1) is 22.1 Å². The van der Waals surface area contributed by atoms with Crippen molar-refractivity contribution < 1.29 is 24.1 Å². The van der Waals surface area contributed by atoms with Crippen LogP contribution >= 0.6 is 0 Å². The first-order valence-corrected chi connectivity index (χ1v) is 12.5. The molecular formula is C29H32N4O7. The quantitative estimate of drug-likeness (QED) is 0.163. The van der Waals surface area contributed by atoms with Gasteiger partial charge in [0.15, 0.2) is 6.61 Å². The lowest BCUT2D eigenvalue weighted by molar-refractivity contribution is -0.394. The van der Waals surface area contributed by atoms with E-state index >= 15 is 0 Å². The fourth-order valence-electron chi connectivity index (χ4n) is 4.42. The number of hydrogen-bond acceptors (Lipinski definition) is 8. The standard InChI is InChI=1S/C29H32N4O7/c1-28(2,3)19-29(4,5)21-9-12-23(13-10-21)39-18-27(34)31-30-17-20-7-6-8-24(15-20)40-26-14-11-22(32(35)36)16-25(26)33(37)38/h6-17H,18-19H2,1-5H3,(H,31,34)/b30-17+. The van der Waals surface area contributed by atoms with Crippen molar-refractivity contribution in [2.75, 3.05) is 6.61 Å². The molecule has 0 aliphatic heterocycles. The van der Waals surface area contributed by atoms with Crippen molar-refractivity contribution in [1.29, 1.82) is 0 Å². The van der Waals surface area contributed by atoms with Crippen molar-refractivity contribution in [2.24, 2.45) is 10.5 Å². The Morgan fingerprint density at radius 3 is 2.25 bits per heavy atom. The van der Waals surface area contributed by atoms with E-state index in [0.29, 0.717) is 11.3 Å². The fraction of sp³-hybridized carbons (Fsp3) is 0.310. The van der Waals surface area contributed by atoms with Gasteiger partial charge in [-0.1, -0.05) is 58.9 Å². The first-order chi connectivity index (χ1) is 18.7. The van der Waals surface area contributed by atoms with E-state index in [9.17, 15) is 25.0 Å². The van der Waals surface area contributed by atoms with Crippen molar-refractivity contribution in [3.8, 4) is 17.2 Å². The molecule has 0 spiro atoms. The van der Waals surface area contributed by atoms with E-state index in [1.54, 1.807) is 24.3 Å². The molecule has 0 fully saturated rings. The molecule has 0 bridgehead atoms. The summed E-state index contributed by atoms with van der Waals surface area (Å²) in [5.41, 5.74) is 3.35. The summed E-state index contributed by atoms with van der Waals surface area (Å²) < 4.78 is 11.2. The Balaban J connectivity index is 1.55. The summed E-state index contributed by atoms with van der Waals surface area (Å²) in [6.45, 7) is 10.8. The van der Waals surface area contributed by atoms with E-state index in [-0.39, 0.29) is 28.9 Å². The molecule has 3 aromatic carbocycles. The number of rotatable bonds is 11. The monoisotopic (exact) mass is 548 g/mol. The van der Waals surface area contributed by atoms with Crippen molar-refractivity contribution >= 4 is 23.5 Å². The summed E-state index contributed by atoms with van der Waals surface area (Å²) >= 11 is 0. The highest BCUT2D eigenvalue weighted by Gasteiger charge is 2.27. The van der Waals surface area contributed by atoms with E-state index in [2.05, 4.69) is 45.1 Å². The SMILES string of the molecule is CC(C)(C)CC(C)(C)c1ccc(OCC(=O)N/N=C/c2cccc(Oc3ccc([N+](=O)[O-])cc3[N+](=O)[O-])c2)cc1. The fourth-order valence-corrected chi connectivity index (χ4v) is 4.42. The van der Waals surface area contributed by atoms with Crippen LogP contribution in [0.4, 0.5) is 11.4 Å². The Labute approximate surface area is 232 Å². The second kappa shape index (κ2) is 12.4. The molecule has 3 aromatic rings. The maximum Gasteiger partial charge on any atom is 0.318 e. The zero-order valence-electron chi connectivity index (χ0n) is 23.0. The minimum atomic E-state index is -0.756. The summed E-state index contributed by atoms with van der Waals surface area (Å²) in [7, 11) is 0. The lowest BCUT2D eigenvalue weighted by atomic mass is 9.72. The molecule has 3 rings (SSSR count). The third kappa shape index (κ3) is 8.62. The summed E-state index contributed by atoms with van der Waals surface area (Å²) in [5, 5.41) is 26.2. The van der Waals surface area contributed by atoms with Crippen LogP contribution in [0.25, 0.3) is 0 Å². The Bertz CT molecular complexity index is 1410. The van der Waals surface area contributed by atoms with Crippen molar-refractivity contribution in [2.45, 2.75) is 46.5 Å². The molecule has 0 atom stereocenters. The van der Waals surface area contributed by atoms with E-state index in [4.69, 9.17) is 9.47 Å². The van der Waals surface area contributed by atoms with Crippen LogP contribution in [0.3, 0.4) is 0 Å². The van der Waals surface area contributed by atoms with Gasteiger partial charge < -0.3 is 9.47 Å². The average molecular weight is 549 g/mol. The molecule has 11 heteroatoms. The van der Waals surface area contributed by atoms with Crippen LogP contribution < -0.4 is 14.9 Å². The van der Waals surface area contributed by atoms with Gasteiger partial charge in [-0.25, -0.2) is 5.43 Å². The van der Waals surface area contributed by atoms with Gasteiger partial charge in [-0.05, 0) is 58.7 Å². The van der Waals surface area contributed by atoms with E-state index in [0.717, 1.165) is 24.6 Å². The van der Waals surface area contributed by atoms with Crippen molar-refractivity contribution in [3.05, 3.63) is 98.1 Å². The normalized spacial score (nSPS) is 11.7. The highest BCUT2D eigenvalue weighted by molar-refractivity contribution is 5.83. The van der Waals surface area contributed by atoms with Crippen molar-refractivity contribution in [3.63, 3.8) is 0 Å². The predicted molar refractivity (Wildman–Crippen MR) is 151 cm³/mol. The van der Waals surface area contributed by atoms with Crippen LogP contribution in [-0.4, -0.2) is 28.6 Å². The minimum Gasteiger partial charge on any atom is -0.484 e. The number of nitrogens with one attached hydrogen (secondary N) is 1. The predicted octanol–water partition coefficient (Wildman–Crippen LogP) is 6.54. The van der Waals surface area contributed by atoms with Crippen LogP contribution in [0.1, 0.15) is 52.2 Å². The first kappa shape index (κ1) is 29.8. The van der Waals surface area contributed by atoms with E-state index in [1.807, 2.05) is 24.3 Å². The number of nitrogens with zero attached hydrogens (tertiary/aromatic N) is 3. The van der Waals surface area contributed by atoms with Crippen LogP contribution in [0.5, 0.6) is 17.2 Å². The summed E-state index contributed by atoms with van der Waals surface area (Å²) in [5.74, 6) is 0.201. The molecule has 40 heavy (non-hydrogen) atoms. The molecular weight excluding hydrogens is 516 g/mol. The highest BCUT2D eigenvalue weighted by Crippen LogP contribution is 2.37. The van der Waals surface area contributed by atoms with Crippen LogP contribution in [0, 0.1) is 25.6 Å². The third-order valence-electron chi connectivity index (χ3n) is 5.82. The first-order valence-electron chi connectivity index (χ1n) is 12.5. The van der Waals surface area contributed by atoms with Crippen molar-refractivity contribution in [1.82, 2.24) is 5.43 Å². The summed E-state index contributed by atoms with van der Waals surface area (Å²) in [6, 6.07) is 17.2. The zero-order valence-corrected chi connectivity index (χ0v) is 23.0. The van der Waals surface area contributed by atoms with Crippen LogP contribution in [0.15, 0.2) is 71.8 Å². The Hall–Kier alpha value is -4.80. The second-order valence-electron chi connectivity index (χ2n) is 11.1. The number of carbonyl (C=O) groups excluding carboxylic acids is 1. The highest BCUT2D eigenvalue weighted by atomic mass is 16.6. The lowest BCUT2D eigenvalue weighted by Crippen LogP contribution is -2.25. The second-order valence-corrected chi connectivity index (χ2v) is 11.1. The smallest absolute Gasteiger partial charge is 0.318 e. The van der Waals surface area contributed by atoms with Gasteiger partial charge in [0.2, 0.25) is 5.75 Å². The molecule has 0 saturated carbocycles. The average Bonchev–Trinajstić information content (AvgIpc) is 2.86. The molecule has 0 aliphatic rings. The third-order valence-corrected chi connectivity index (χ3v) is 5.82. The molecule has 0 radical (unpaired) electrons. The van der Waals surface area contributed by atoms with Crippen LogP contribution in [-0.2, 0) is 10.2 Å². The van der Waals surface area contributed by atoms with Gasteiger partial charge in [0.25, 0.3) is 11.6 Å². The van der Waals surface area contributed by atoms with Gasteiger partial charge in [-0.3, -0.25) is 25.0 Å². The topological polar surface area (TPSA) is 146 Å². The number of carbonyl (C=O) groups is 1. The maximum atomic E-state index is 12.2. The Morgan fingerprint density at radius 2 is 1.62 bits per heavy atom. The van der Waals surface area contributed by atoms with Gasteiger partial charge in [-0.15, -0.1) is 0 Å². The Kier molecular flexibility index (Phi) is 9.20. The number of nitro groups is 2. The van der Waals surface area contributed by atoms with Gasteiger partial charge in [-0.2, -0.15) is 5.10 Å². The molecule has 11 nitrogen and oxygen atoms in total. The molecule has 0 heterocycles. The molecule has 0 saturated heterocycles. The van der Waals surface area contributed by atoms with Crippen LogP contribution in [0.2, 0.25) is 0 Å². The lowest BCUT2D eigenvalue weighted by Gasteiger charge is -2.33. The largest absolute Gasteiger partial charge is 0.484 e. The number of nitro benzene ring substituents is 2. The zero-order chi connectivity index (χ0) is 29.5. The number of hydrogen-bond donors (Lipinski definition) is 1. The van der Waals surface area contributed by atoms with Gasteiger partial charge >= 0.3 is 5.69 Å². The van der Waals surface area contributed by atoms with E-state index in [1.165, 1.54) is 11.8 Å². The Morgan fingerprint density at radius 1 is 0.925 bits per heavy atom. The summed E-state index contributed by atoms with van der Waals surface area (Å²) in [4.78, 5) is 33.0. The molecule has 1 amide bonds. The summed E-state index contributed by atoms with van der Waals surface area (Å²) in [6.07, 6.45) is 2.40. The molecule has 0 aromatic heterocycles.